The second-order valence-electron chi connectivity index (χ2n) is 6.10. The lowest BCUT2D eigenvalue weighted by atomic mass is 10.1. The second-order valence-corrected chi connectivity index (χ2v) is 7.51. The Morgan fingerprint density at radius 1 is 1.11 bits per heavy atom. The molecule has 3 heterocycles. The number of aromatic nitrogens is 3. The highest BCUT2D eigenvalue weighted by Crippen LogP contribution is 2.32. The molecule has 1 N–H and O–H groups in total. The largest absolute Gasteiger partial charge is 0.496 e. The van der Waals surface area contributed by atoms with Crippen LogP contribution in [0.15, 0.2) is 47.3 Å². The van der Waals surface area contributed by atoms with Crippen molar-refractivity contribution in [2.24, 2.45) is 0 Å². The smallest absolute Gasteiger partial charge is 0.277 e. The van der Waals surface area contributed by atoms with Crippen LogP contribution in [0, 0.1) is 0 Å². The maximum atomic E-state index is 13.2. The summed E-state index contributed by atoms with van der Waals surface area (Å²) in [5.74, 6) is 0.522. The predicted octanol–water partition coefficient (Wildman–Crippen LogP) is 2.35. The van der Waals surface area contributed by atoms with Gasteiger partial charge in [0, 0.05) is 16.3 Å². The van der Waals surface area contributed by atoms with E-state index < -0.39 is 0 Å². The lowest BCUT2D eigenvalue weighted by Crippen LogP contribution is -2.28. The zero-order valence-corrected chi connectivity index (χ0v) is 16.0. The molecule has 0 unspecified atom stereocenters. The fourth-order valence-electron chi connectivity index (χ4n) is 3.29. The lowest BCUT2D eigenvalue weighted by Gasteiger charge is -2.06. The fraction of sp³-hybridized carbons (Fsp3) is 0.0526. The monoisotopic (exact) mass is 410 g/mol. The third kappa shape index (κ3) is 2.35. The maximum Gasteiger partial charge on any atom is 0.277 e. The summed E-state index contributed by atoms with van der Waals surface area (Å²) in [7, 11) is 1.53. The molecule has 7 nitrogen and oxygen atoms in total. The number of benzene rings is 2. The number of halogens is 1. The molecule has 138 valence electrons. The zero-order valence-electron chi connectivity index (χ0n) is 14.4. The molecule has 0 saturated carbocycles. The first-order chi connectivity index (χ1) is 13.6. The molecule has 9 heteroatoms. The summed E-state index contributed by atoms with van der Waals surface area (Å²) in [6.45, 7) is 0. The zero-order chi connectivity index (χ0) is 19.4. The Balaban J connectivity index is 1.84. The van der Waals surface area contributed by atoms with E-state index >= 15 is 0 Å². The van der Waals surface area contributed by atoms with Crippen molar-refractivity contribution in [3.8, 4) is 17.1 Å². The summed E-state index contributed by atoms with van der Waals surface area (Å²) in [5.41, 5.74) is 1.92. The van der Waals surface area contributed by atoms with Crippen LogP contribution in [0.4, 0.5) is 5.69 Å². The van der Waals surface area contributed by atoms with Gasteiger partial charge in [-0.25, -0.2) is 4.40 Å². The van der Waals surface area contributed by atoms with Gasteiger partial charge in [0.2, 0.25) is 4.96 Å². The molecule has 0 saturated heterocycles. The van der Waals surface area contributed by atoms with Crippen LogP contribution in [0.3, 0.4) is 0 Å². The van der Waals surface area contributed by atoms with Crippen molar-refractivity contribution in [2.45, 2.75) is 0 Å². The van der Waals surface area contributed by atoms with E-state index in [1.165, 1.54) is 11.5 Å². The van der Waals surface area contributed by atoms with Gasteiger partial charge in [-0.15, -0.1) is 10.2 Å². The molecule has 1 aliphatic rings. The first kappa shape index (κ1) is 16.9. The number of nitrogens with zero attached hydrogens (tertiary/aromatic N) is 3. The minimum Gasteiger partial charge on any atom is -0.496 e. The molecule has 4 aromatic rings. The van der Waals surface area contributed by atoms with Crippen LogP contribution in [0.25, 0.3) is 21.9 Å². The van der Waals surface area contributed by atoms with Crippen LogP contribution in [0.5, 0.6) is 5.75 Å². The van der Waals surface area contributed by atoms with Gasteiger partial charge in [-0.2, -0.15) is 0 Å². The van der Waals surface area contributed by atoms with Crippen LogP contribution >= 0.6 is 22.9 Å². The highest BCUT2D eigenvalue weighted by atomic mass is 35.5. The number of hydrogen-bond donors (Lipinski definition) is 1. The summed E-state index contributed by atoms with van der Waals surface area (Å²) in [4.78, 5) is 26.1. The average molecular weight is 411 g/mol. The van der Waals surface area contributed by atoms with Crippen molar-refractivity contribution in [1.82, 2.24) is 14.6 Å². The van der Waals surface area contributed by atoms with Crippen molar-refractivity contribution in [3.05, 3.63) is 67.9 Å². The molecular weight excluding hydrogens is 400 g/mol. The number of carbonyl (C=O) groups excluding carboxylic acids is 1. The number of para-hydroxylation sites is 1. The predicted molar refractivity (Wildman–Crippen MR) is 107 cm³/mol. The maximum absolute atomic E-state index is 13.2. The molecule has 0 fully saturated rings. The van der Waals surface area contributed by atoms with E-state index in [-0.39, 0.29) is 11.5 Å². The number of fused-ring (bicyclic) bond motifs is 2. The molecule has 2 aromatic heterocycles. The van der Waals surface area contributed by atoms with Gasteiger partial charge in [0.15, 0.2) is 5.82 Å². The molecule has 1 amide bonds. The third-order valence-electron chi connectivity index (χ3n) is 4.53. The Hall–Kier alpha value is -3.23. The summed E-state index contributed by atoms with van der Waals surface area (Å²) in [6, 6.07) is 12.3. The standard InChI is InChI=1S/C19H11ClN4O3S/c1-27-13-7-6-9(20)8-11(13)16-22-23-19-24(16)18(26)15(28-19)14-10-4-2-3-5-12(10)21-17(14)25/h2-8H,1H3,(H,21,25). The highest BCUT2D eigenvalue weighted by molar-refractivity contribution is 7.15. The fourth-order valence-corrected chi connectivity index (χ4v) is 4.47. The van der Waals surface area contributed by atoms with E-state index in [2.05, 4.69) is 15.5 Å². The second kappa shape index (κ2) is 6.15. The third-order valence-corrected chi connectivity index (χ3v) is 5.79. The Labute approximate surface area is 166 Å². The topological polar surface area (TPSA) is 85.6 Å². The molecule has 0 atom stereocenters. The number of carbonyl (C=O) groups is 1. The van der Waals surface area contributed by atoms with Gasteiger partial charge < -0.3 is 10.1 Å². The van der Waals surface area contributed by atoms with Gasteiger partial charge in [0.25, 0.3) is 11.5 Å². The van der Waals surface area contributed by atoms with Gasteiger partial charge in [0.1, 0.15) is 10.3 Å². The number of amides is 1. The van der Waals surface area contributed by atoms with Crippen molar-refractivity contribution >= 4 is 45.1 Å². The first-order valence-electron chi connectivity index (χ1n) is 8.25. The van der Waals surface area contributed by atoms with Crippen molar-refractivity contribution in [2.75, 3.05) is 12.4 Å². The van der Waals surface area contributed by atoms with Crippen LogP contribution in [0.1, 0.15) is 5.56 Å². The van der Waals surface area contributed by atoms with Crippen LogP contribution in [0.2, 0.25) is 5.02 Å². The van der Waals surface area contributed by atoms with Crippen molar-refractivity contribution in [3.63, 3.8) is 0 Å². The lowest BCUT2D eigenvalue weighted by molar-refractivity contribution is -0.110. The molecule has 1 aliphatic heterocycles. The van der Waals surface area contributed by atoms with Crippen LogP contribution in [-0.4, -0.2) is 27.6 Å². The van der Waals surface area contributed by atoms with E-state index in [1.807, 2.05) is 18.2 Å². The van der Waals surface area contributed by atoms with Gasteiger partial charge in [0.05, 0.1) is 18.2 Å². The number of thiazole rings is 1. The van der Waals surface area contributed by atoms with Crippen LogP contribution < -0.4 is 20.1 Å². The van der Waals surface area contributed by atoms with Crippen LogP contribution in [-0.2, 0) is 4.79 Å². The molecule has 0 bridgehead atoms. The van der Waals surface area contributed by atoms with Crippen molar-refractivity contribution in [1.29, 1.82) is 0 Å². The molecule has 2 aromatic carbocycles. The molecule has 0 radical (unpaired) electrons. The Kier molecular flexibility index (Phi) is 3.71. The minimum absolute atomic E-state index is 0.308. The molecular formula is C19H11ClN4O3S. The number of ether oxygens (including phenoxy) is 1. The molecule has 5 rings (SSSR count). The van der Waals surface area contributed by atoms with Gasteiger partial charge in [-0.05, 0) is 24.3 Å². The van der Waals surface area contributed by atoms with Gasteiger partial charge in [-0.3, -0.25) is 9.59 Å². The number of methoxy groups -OCH3 is 1. The Morgan fingerprint density at radius 2 is 1.93 bits per heavy atom. The summed E-state index contributed by atoms with van der Waals surface area (Å²) in [5, 5.41) is 11.5. The van der Waals surface area contributed by atoms with Gasteiger partial charge in [-0.1, -0.05) is 41.1 Å². The first-order valence-corrected chi connectivity index (χ1v) is 9.45. The summed E-state index contributed by atoms with van der Waals surface area (Å²) < 4.78 is 7.07. The number of nitrogens with one attached hydrogen (secondary N) is 1. The van der Waals surface area contributed by atoms with Crippen molar-refractivity contribution < 1.29 is 9.53 Å². The number of hydrogen-bond acceptors (Lipinski definition) is 6. The number of anilines is 1. The molecule has 0 aliphatic carbocycles. The summed E-state index contributed by atoms with van der Waals surface area (Å²) in [6.07, 6.45) is 0. The highest BCUT2D eigenvalue weighted by Gasteiger charge is 2.27. The van der Waals surface area contributed by atoms with E-state index in [4.69, 9.17) is 16.3 Å². The SMILES string of the molecule is COc1ccc(Cl)cc1-c1nnc2sc(=C3C(=O)Nc4ccccc43)c(=O)n12. The quantitative estimate of drug-likeness (QED) is 0.548. The van der Waals surface area contributed by atoms with Gasteiger partial charge >= 0.3 is 0 Å². The molecule has 0 spiro atoms. The Bertz CT molecular complexity index is 1390. The van der Waals surface area contributed by atoms with E-state index in [9.17, 15) is 9.59 Å². The van der Waals surface area contributed by atoms with E-state index in [0.29, 0.717) is 48.5 Å². The normalized spacial score (nSPS) is 15.0. The average Bonchev–Trinajstić information content (AvgIpc) is 3.34. The Morgan fingerprint density at radius 3 is 2.75 bits per heavy atom. The van der Waals surface area contributed by atoms with E-state index in [0.717, 1.165) is 11.3 Å². The minimum atomic E-state index is -0.358. The van der Waals surface area contributed by atoms with E-state index in [1.54, 1.807) is 24.3 Å². The summed E-state index contributed by atoms with van der Waals surface area (Å²) >= 11 is 7.25. The molecule has 28 heavy (non-hydrogen) atoms. The number of rotatable bonds is 2.